The molecule has 39 heavy (non-hydrogen) atoms. The molecule has 2 atom stereocenters. The van der Waals surface area contributed by atoms with Crippen molar-refractivity contribution in [2.24, 2.45) is 12.5 Å². The number of para-hydroxylation sites is 1. The van der Waals surface area contributed by atoms with E-state index in [1.54, 1.807) is 19.2 Å². The van der Waals surface area contributed by atoms with Gasteiger partial charge in [-0.3, -0.25) is 0 Å². The molecule has 3 rings (SSSR count). The second kappa shape index (κ2) is 15.7. The zero-order valence-corrected chi connectivity index (χ0v) is 24.7. The monoisotopic (exact) mass is 532 g/mol. The molecule has 1 aromatic heterocycles. The number of benzene rings is 2. The van der Waals surface area contributed by atoms with Gasteiger partial charge in [0.1, 0.15) is 35.0 Å². The van der Waals surface area contributed by atoms with Gasteiger partial charge < -0.3 is 14.0 Å². The van der Waals surface area contributed by atoms with Crippen molar-refractivity contribution in [1.82, 2.24) is 9.55 Å². The first-order valence-corrected chi connectivity index (χ1v) is 13.8. The lowest BCUT2D eigenvalue weighted by Crippen LogP contribution is -2.27. The van der Waals surface area contributed by atoms with Crippen molar-refractivity contribution in [2.45, 2.75) is 73.4 Å². The molecule has 0 radical (unpaired) electrons. The number of imidazole rings is 1. The maximum atomic E-state index is 14.7. The van der Waals surface area contributed by atoms with Gasteiger partial charge in [0.05, 0.1) is 0 Å². The van der Waals surface area contributed by atoms with E-state index in [9.17, 15) is 4.39 Å². The van der Waals surface area contributed by atoms with E-state index in [1.807, 2.05) is 99.3 Å². The van der Waals surface area contributed by atoms with Gasteiger partial charge in [0.15, 0.2) is 0 Å². The van der Waals surface area contributed by atoms with E-state index in [-0.39, 0.29) is 0 Å². The molecule has 1 unspecified atom stereocenters. The highest BCUT2D eigenvalue weighted by atomic mass is 19.1. The van der Waals surface area contributed by atoms with Gasteiger partial charge in [-0.1, -0.05) is 82.2 Å². The summed E-state index contributed by atoms with van der Waals surface area (Å²) in [7, 11) is 1.96. The molecular formula is C34H45FN2O2. The van der Waals surface area contributed by atoms with Gasteiger partial charge in [0, 0.05) is 37.4 Å². The van der Waals surface area contributed by atoms with E-state index in [1.165, 1.54) is 6.42 Å². The predicted octanol–water partition coefficient (Wildman–Crippen LogP) is 9.33. The molecule has 2 aromatic carbocycles. The van der Waals surface area contributed by atoms with E-state index < -0.39 is 11.6 Å². The second-order valence-electron chi connectivity index (χ2n) is 10.3. The minimum absolute atomic E-state index is 0.439. The number of ether oxygens (including phenoxy) is 2. The highest BCUT2D eigenvalue weighted by molar-refractivity contribution is 5.34. The number of halogens is 1. The van der Waals surface area contributed by atoms with Gasteiger partial charge in [-0.25, -0.2) is 9.37 Å². The highest BCUT2D eigenvalue weighted by Crippen LogP contribution is 2.36. The summed E-state index contributed by atoms with van der Waals surface area (Å²) in [5, 5.41) is 0. The fourth-order valence-electron chi connectivity index (χ4n) is 3.87. The van der Waals surface area contributed by atoms with Crippen molar-refractivity contribution < 1.29 is 13.9 Å². The van der Waals surface area contributed by atoms with Crippen molar-refractivity contribution in [2.75, 3.05) is 0 Å². The number of hydrogen-bond donors (Lipinski definition) is 0. The van der Waals surface area contributed by atoms with Crippen molar-refractivity contribution in [1.29, 1.82) is 0 Å². The summed E-state index contributed by atoms with van der Waals surface area (Å²) in [6.45, 7) is 16.0. The first-order chi connectivity index (χ1) is 18.6. The van der Waals surface area contributed by atoms with E-state index in [0.29, 0.717) is 42.3 Å². The van der Waals surface area contributed by atoms with Crippen LogP contribution in [0.3, 0.4) is 0 Å². The Morgan fingerprint density at radius 2 is 1.64 bits per heavy atom. The van der Waals surface area contributed by atoms with Crippen molar-refractivity contribution in [3.63, 3.8) is 0 Å². The maximum absolute atomic E-state index is 14.7. The zero-order valence-electron chi connectivity index (χ0n) is 24.7. The van der Waals surface area contributed by atoms with Crippen LogP contribution < -0.4 is 9.47 Å². The summed E-state index contributed by atoms with van der Waals surface area (Å²) in [5.74, 6) is 3.29. The second-order valence-corrected chi connectivity index (χ2v) is 10.3. The number of rotatable bonds is 12. The van der Waals surface area contributed by atoms with Crippen LogP contribution in [0.2, 0.25) is 0 Å². The van der Waals surface area contributed by atoms with Gasteiger partial charge in [-0.2, -0.15) is 0 Å². The third kappa shape index (κ3) is 10.6. The number of aryl methyl sites for hydroxylation is 2. The van der Waals surface area contributed by atoms with Crippen LogP contribution in [0.4, 0.5) is 4.39 Å². The maximum Gasteiger partial charge on any atom is 0.131 e. The molecule has 0 N–H and O–H groups in total. The van der Waals surface area contributed by atoms with E-state index in [2.05, 4.69) is 25.4 Å². The summed E-state index contributed by atoms with van der Waals surface area (Å²) in [4.78, 5) is 4.50. The molecule has 0 amide bonds. The minimum atomic E-state index is -0.963. The molecule has 4 nitrogen and oxygen atoms in total. The van der Waals surface area contributed by atoms with Gasteiger partial charge in [0.25, 0.3) is 0 Å². The Balaban J connectivity index is 0.00000170. The number of hydrogen-bond acceptors (Lipinski definition) is 3. The Morgan fingerprint density at radius 1 is 1.03 bits per heavy atom. The molecule has 0 spiro atoms. The molecule has 0 aliphatic rings. The number of nitrogens with zero attached hydrogens (tertiary/aromatic N) is 2. The lowest BCUT2D eigenvalue weighted by Gasteiger charge is -2.31. The lowest BCUT2D eigenvalue weighted by atomic mass is 9.76. The van der Waals surface area contributed by atoms with Crippen LogP contribution in [0.15, 0.2) is 103 Å². The first kappa shape index (κ1) is 31.6. The lowest BCUT2D eigenvalue weighted by molar-refractivity contribution is 0.133. The quantitative estimate of drug-likeness (QED) is 0.172. The van der Waals surface area contributed by atoms with Crippen molar-refractivity contribution in [3.05, 3.63) is 114 Å². The average Bonchev–Trinajstić information content (AvgIpc) is 3.30. The summed E-state index contributed by atoms with van der Waals surface area (Å²) in [6.07, 6.45) is 9.58. The standard InChI is InChI=1S/C31H37FN2O2.C3H8/c1-7-31(5,25(4)32)22-26(21-30-33-17-18-34(30)6)20-29(36-27-11-9-8-10-12-27)19-24(3)35-28-15-13-23(2)14-16-28;1-3-2/h8-20,25H,3,7,21-22H2,1-2,4-6H3;3H2,1-2H3/b26-20+,29-19+;/t25-,31?;/m1./s1. The summed E-state index contributed by atoms with van der Waals surface area (Å²) < 4.78 is 28.9. The highest BCUT2D eigenvalue weighted by Gasteiger charge is 2.31. The van der Waals surface area contributed by atoms with Crippen molar-refractivity contribution >= 4 is 0 Å². The third-order valence-electron chi connectivity index (χ3n) is 6.60. The fourth-order valence-corrected chi connectivity index (χ4v) is 3.87. The Labute approximate surface area is 234 Å². The fraction of sp³-hybridized carbons (Fsp3) is 0.382. The largest absolute Gasteiger partial charge is 0.458 e. The Kier molecular flexibility index (Phi) is 12.7. The number of alkyl halides is 1. The minimum Gasteiger partial charge on any atom is -0.458 e. The first-order valence-electron chi connectivity index (χ1n) is 13.8. The van der Waals surface area contributed by atoms with Crippen LogP contribution in [0, 0.1) is 12.3 Å². The molecule has 0 saturated carbocycles. The van der Waals surface area contributed by atoms with E-state index in [4.69, 9.17) is 9.47 Å². The molecule has 0 fully saturated rings. The Bertz CT molecular complexity index is 1210. The van der Waals surface area contributed by atoms with E-state index in [0.717, 1.165) is 17.0 Å². The molecule has 0 aliphatic carbocycles. The Hall–Kier alpha value is -3.60. The van der Waals surface area contributed by atoms with Crippen LogP contribution >= 0.6 is 0 Å². The SMILES string of the molecule is C=C(/C=C(\C=C(/Cc1nccn1C)CC(C)(CC)[C@@H](C)F)Oc1ccccc1)Oc1ccc(C)cc1.CCC. The van der Waals surface area contributed by atoms with E-state index >= 15 is 0 Å². The molecule has 5 heteroatoms. The zero-order chi connectivity index (χ0) is 28.8. The summed E-state index contributed by atoms with van der Waals surface area (Å²) in [6, 6.07) is 17.3. The topological polar surface area (TPSA) is 36.3 Å². The normalized spacial score (nSPS) is 14.1. The summed E-state index contributed by atoms with van der Waals surface area (Å²) >= 11 is 0. The van der Waals surface area contributed by atoms with Crippen LogP contribution in [-0.2, 0) is 13.5 Å². The number of aromatic nitrogens is 2. The van der Waals surface area contributed by atoms with Crippen molar-refractivity contribution in [3.8, 4) is 11.5 Å². The van der Waals surface area contributed by atoms with Gasteiger partial charge in [0.2, 0.25) is 0 Å². The molecule has 0 aliphatic heterocycles. The van der Waals surface area contributed by atoms with Crippen LogP contribution in [0.25, 0.3) is 0 Å². The molecule has 1 heterocycles. The van der Waals surface area contributed by atoms with Gasteiger partial charge in [-0.05, 0) is 57.0 Å². The van der Waals surface area contributed by atoms with Crippen LogP contribution in [0.5, 0.6) is 11.5 Å². The molecular weight excluding hydrogens is 487 g/mol. The predicted molar refractivity (Wildman–Crippen MR) is 161 cm³/mol. The van der Waals surface area contributed by atoms with Crippen LogP contribution in [-0.4, -0.2) is 15.7 Å². The van der Waals surface area contributed by atoms with Gasteiger partial charge >= 0.3 is 0 Å². The van der Waals surface area contributed by atoms with Crippen LogP contribution in [0.1, 0.15) is 65.3 Å². The third-order valence-corrected chi connectivity index (χ3v) is 6.60. The van der Waals surface area contributed by atoms with Gasteiger partial charge in [-0.15, -0.1) is 0 Å². The average molecular weight is 533 g/mol. The Morgan fingerprint density at radius 3 is 2.18 bits per heavy atom. The molecule has 0 saturated heterocycles. The smallest absolute Gasteiger partial charge is 0.131 e. The molecule has 3 aromatic rings. The molecule has 0 bridgehead atoms. The number of allylic oxidation sites excluding steroid dienone is 3. The molecule has 210 valence electrons. The summed E-state index contributed by atoms with van der Waals surface area (Å²) in [5.41, 5.74) is 1.66.